The number of fused-ring (bicyclic) bond motifs is 1. The van der Waals surface area contributed by atoms with Crippen LogP contribution in [0.3, 0.4) is 0 Å². The van der Waals surface area contributed by atoms with Gasteiger partial charge >= 0.3 is 0 Å². The lowest BCUT2D eigenvalue weighted by atomic mass is 10.1. The highest BCUT2D eigenvalue weighted by molar-refractivity contribution is 9.10. The summed E-state index contributed by atoms with van der Waals surface area (Å²) in [5, 5.41) is 4.08. The standard InChI is InChI=1S/C18H17BrN2O2/c19-15-6-2-4-8-17(15)23-12-18(22)20-10-9-13-11-21-16-7-3-1-5-14(13)16/h1-8,11,21H,9-10,12H2,(H,20,22). The first-order valence-corrected chi connectivity index (χ1v) is 8.22. The Morgan fingerprint density at radius 3 is 2.78 bits per heavy atom. The van der Waals surface area contributed by atoms with Gasteiger partial charge in [0, 0.05) is 23.6 Å². The summed E-state index contributed by atoms with van der Waals surface area (Å²) >= 11 is 3.39. The minimum Gasteiger partial charge on any atom is -0.483 e. The van der Waals surface area contributed by atoms with Crippen molar-refractivity contribution >= 4 is 32.7 Å². The highest BCUT2D eigenvalue weighted by Crippen LogP contribution is 2.23. The van der Waals surface area contributed by atoms with Gasteiger partial charge in [0.1, 0.15) is 5.75 Å². The van der Waals surface area contributed by atoms with Crippen LogP contribution in [0.1, 0.15) is 5.56 Å². The highest BCUT2D eigenvalue weighted by atomic mass is 79.9. The molecule has 0 spiro atoms. The van der Waals surface area contributed by atoms with Gasteiger partial charge in [0.25, 0.3) is 5.91 Å². The molecular formula is C18H17BrN2O2. The molecule has 5 heteroatoms. The third-order valence-corrected chi connectivity index (χ3v) is 4.24. The van der Waals surface area contributed by atoms with E-state index in [0.29, 0.717) is 12.3 Å². The van der Waals surface area contributed by atoms with Crippen LogP contribution in [0.5, 0.6) is 5.75 Å². The van der Waals surface area contributed by atoms with Crippen molar-refractivity contribution in [2.45, 2.75) is 6.42 Å². The van der Waals surface area contributed by atoms with E-state index in [4.69, 9.17) is 4.74 Å². The fourth-order valence-corrected chi connectivity index (χ4v) is 2.83. The Morgan fingerprint density at radius 1 is 1.13 bits per heavy atom. The van der Waals surface area contributed by atoms with Crippen molar-refractivity contribution in [3.63, 3.8) is 0 Å². The SMILES string of the molecule is O=C(COc1ccccc1Br)NCCc1c[nH]c2ccccc12. The van der Waals surface area contributed by atoms with Gasteiger partial charge in [0.15, 0.2) is 6.61 Å². The van der Waals surface area contributed by atoms with Crippen LogP contribution < -0.4 is 10.1 Å². The number of hydrogen-bond donors (Lipinski definition) is 2. The maximum absolute atomic E-state index is 11.9. The molecule has 0 fully saturated rings. The lowest BCUT2D eigenvalue weighted by molar-refractivity contribution is -0.123. The first-order valence-electron chi connectivity index (χ1n) is 7.43. The third-order valence-electron chi connectivity index (χ3n) is 3.59. The van der Waals surface area contributed by atoms with Gasteiger partial charge in [0.2, 0.25) is 0 Å². The zero-order valence-corrected chi connectivity index (χ0v) is 14.1. The van der Waals surface area contributed by atoms with Crippen molar-refractivity contribution in [1.29, 1.82) is 0 Å². The molecule has 118 valence electrons. The minimum atomic E-state index is -0.124. The maximum atomic E-state index is 11.9. The largest absolute Gasteiger partial charge is 0.483 e. The van der Waals surface area contributed by atoms with Gasteiger partial charge in [-0.3, -0.25) is 4.79 Å². The van der Waals surface area contributed by atoms with Crippen molar-refractivity contribution < 1.29 is 9.53 Å². The number of carbonyl (C=O) groups is 1. The molecule has 0 radical (unpaired) electrons. The number of para-hydroxylation sites is 2. The lowest BCUT2D eigenvalue weighted by Gasteiger charge is -2.08. The molecule has 0 unspecified atom stereocenters. The molecule has 2 N–H and O–H groups in total. The fourth-order valence-electron chi connectivity index (χ4n) is 2.43. The second-order valence-corrected chi connectivity index (χ2v) is 6.03. The first-order chi connectivity index (χ1) is 11.2. The molecule has 1 amide bonds. The summed E-state index contributed by atoms with van der Waals surface area (Å²) in [5.74, 6) is 0.542. The van der Waals surface area contributed by atoms with E-state index >= 15 is 0 Å². The summed E-state index contributed by atoms with van der Waals surface area (Å²) in [5.41, 5.74) is 2.32. The van der Waals surface area contributed by atoms with E-state index < -0.39 is 0 Å². The molecule has 0 aliphatic carbocycles. The summed E-state index contributed by atoms with van der Waals surface area (Å²) in [6.45, 7) is 0.594. The molecule has 23 heavy (non-hydrogen) atoms. The van der Waals surface area contributed by atoms with Crippen LogP contribution in [0.15, 0.2) is 59.2 Å². The van der Waals surface area contributed by atoms with Crippen LogP contribution in [0.2, 0.25) is 0 Å². The van der Waals surface area contributed by atoms with Crippen LogP contribution in [-0.2, 0) is 11.2 Å². The molecule has 1 heterocycles. The second-order valence-electron chi connectivity index (χ2n) is 5.18. The number of carbonyl (C=O) groups excluding carboxylic acids is 1. The maximum Gasteiger partial charge on any atom is 0.257 e. The number of H-pyrrole nitrogens is 1. The topological polar surface area (TPSA) is 54.1 Å². The van der Waals surface area contributed by atoms with Crippen LogP contribution >= 0.6 is 15.9 Å². The Kier molecular flexibility index (Phi) is 4.98. The molecule has 0 saturated heterocycles. The summed E-state index contributed by atoms with van der Waals surface area (Å²) in [6, 6.07) is 15.6. The van der Waals surface area contributed by atoms with Crippen molar-refractivity contribution in [3.8, 4) is 5.75 Å². The van der Waals surface area contributed by atoms with Gasteiger partial charge in [-0.25, -0.2) is 0 Å². The number of nitrogens with one attached hydrogen (secondary N) is 2. The Labute approximate surface area is 143 Å². The Morgan fingerprint density at radius 2 is 1.91 bits per heavy atom. The number of benzene rings is 2. The monoisotopic (exact) mass is 372 g/mol. The van der Waals surface area contributed by atoms with Gasteiger partial charge < -0.3 is 15.0 Å². The van der Waals surface area contributed by atoms with Crippen molar-refractivity contribution in [1.82, 2.24) is 10.3 Å². The summed E-state index contributed by atoms with van der Waals surface area (Å²) in [7, 11) is 0. The van der Waals surface area contributed by atoms with Gasteiger partial charge in [-0.15, -0.1) is 0 Å². The van der Waals surface area contributed by atoms with Gasteiger partial charge in [-0.1, -0.05) is 30.3 Å². The molecular weight excluding hydrogens is 356 g/mol. The summed E-state index contributed by atoms with van der Waals surface area (Å²) in [6.07, 6.45) is 2.78. The predicted molar refractivity (Wildman–Crippen MR) is 94.6 cm³/mol. The van der Waals surface area contributed by atoms with E-state index in [0.717, 1.165) is 16.4 Å². The van der Waals surface area contributed by atoms with E-state index in [9.17, 15) is 4.79 Å². The molecule has 2 aromatic carbocycles. The molecule has 4 nitrogen and oxygen atoms in total. The fraction of sp³-hybridized carbons (Fsp3) is 0.167. The molecule has 0 saturated carbocycles. The quantitative estimate of drug-likeness (QED) is 0.693. The Hall–Kier alpha value is -2.27. The number of amides is 1. The number of aromatic nitrogens is 1. The Bertz CT molecular complexity index is 813. The number of hydrogen-bond acceptors (Lipinski definition) is 2. The van der Waals surface area contributed by atoms with E-state index in [1.54, 1.807) is 0 Å². The molecule has 3 rings (SSSR count). The molecule has 1 aromatic heterocycles. The molecule has 3 aromatic rings. The van der Waals surface area contributed by atoms with E-state index in [-0.39, 0.29) is 12.5 Å². The lowest BCUT2D eigenvalue weighted by Crippen LogP contribution is -2.30. The second kappa shape index (κ2) is 7.33. The minimum absolute atomic E-state index is 0.0104. The number of halogens is 1. The third kappa shape index (κ3) is 3.93. The zero-order chi connectivity index (χ0) is 16.1. The van der Waals surface area contributed by atoms with E-state index in [1.807, 2.05) is 48.7 Å². The van der Waals surface area contributed by atoms with E-state index in [2.05, 4.69) is 32.3 Å². The summed E-state index contributed by atoms with van der Waals surface area (Å²) < 4.78 is 6.33. The molecule has 0 aliphatic rings. The zero-order valence-electron chi connectivity index (χ0n) is 12.5. The van der Waals surface area contributed by atoms with Crippen molar-refractivity contribution in [3.05, 3.63) is 64.8 Å². The summed E-state index contributed by atoms with van der Waals surface area (Å²) in [4.78, 5) is 15.1. The average Bonchev–Trinajstić information content (AvgIpc) is 2.98. The van der Waals surface area contributed by atoms with Gasteiger partial charge in [-0.2, -0.15) is 0 Å². The van der Waals surface area contributed by atoms with E-state index in [1.165, 1.54) is 10.9 Å². The normalized spacial score (nSPS) is 10.7. The van der Waals surface area contributed by atoms with Crippen LogP contribution in [0, 0.1) is 0 Å². The number of ether oxygens (including phenoxy) is 1. The average molecular weight is 373 g/mol. The van der Waals surface area contributed by atoms with Gasteiger partial charge in [-0.05, 0) is 46.1 Å². The predicted octanol–water partition coefficient (Wildman–Crippen LogP) is 3.67. The van der Waals surface area contributed by atoms with Crippen molar-refractivity contribution in [2.75, 3.05) is 13.2 Å². The van der Waals surface area contributed by atoms with Crippen LogP contribution in [-0.4, -0.2) is 24.0 Å². The van der Waals surface area contributed by atoms with Crippen molar-refractivity contribution in [2.24, 2.45) is 0 Å². The van der Waals surface area contributed by atoms with Crippen LogP contribution in [0.4, 0.5) is 0 Å². The highest BCUT2D eigenvalue weighted by Gasteiger charge is 2.06. The first kappa shape index (κ1) is 15.6. The Balaban J connectivity index is 1.47. The van der Waals surface area contributed by atoms with Gasteiger partial charge in [0.05, 0.1) is 4.47 Å². The molecule has 0 aliphatic heterocycles. The number of rotatable bonds is 6. The molecule has 0 atom stereocenters. The van der Waals surface area contributed by atoms with Crippen LogP contribution in [0.25, 0.3) is 10.9 Å². The molecule has 0 bridgehead atoms. The smallest absolute Gasteiger partial charge is 0.257 e. The number of aromatic amines is 1.